The maximum absolute atomic E-state index is 6.72. The maximum Gasteiger partial charge on any atom is 0.227 e. The van der Waals surface area contributed by atoms with E-state index in [1.54, 1.807) is 21.3 Å². The minimum atomic E-state index is -0.417. The number of hydrogen-bond donors (Lipinski definition) is 1. The number of benzene rings is 3. The number of nitrogens with zero attached hydrogens (tertiary/aromatic N) is 3. The second-order valence-corrected chi connectivity index (χ2v) is 9.38. The van der Waals surface area contributed by atoms with Crippen LogP contribution in [0.25, 0.3) is 5.70 Å². The first kappa shape index (κ1) is 23.3. The Bertz CT molecular complexity index is 1500. The summed E-state index contributed by atoms with van der Waals surface area (Å²) in [5.74, 6) is 3.57. The molecule has 1 N–H and O–H groups in total. The van der Waals surface area contributed by atoms with Crippen molar-refractivity contribution in [2.24, 2.45) is 0 Å². The molecule has 1 aromatic heterocycles. The topological polar surface area (TPSA) is 79.7 Å². The Labute approximate surface area is 219 Å². The lowest BCUT2D eigenvalue weighted by atomic mass is 9.84. The maximum atomic E-state index is 6.72. The van der Waals surface area contributed by atoms with Crippen molar-refractivity contribution < 1.29 is 18.9 Å². The largest absolute Gasteiger partial charge is 0.497 e. The first-order valence-electron chi connectivity index (χ1n) is 11.8. The van der Waals surface area contributed by atoms with E-state index >= 15 is 0 Å². The van der Waals surface area contributed by atoms with Crippen LogP contribution in [0.15, 0.2) is 77.5 Å². The number of anilines is 1. The predicted octanol–water partition coefficient (Wildman–Crippen LogP) is 5.59. The molecule has 0 saturated heterocycles. The summed E-state index contributed by atoms with van der Waals surface area (Å²) in [7, 11) is 4.93. The summed E-state index contributed by atoms with van der Waals surface area (Å²) >= 11 is 1.51. The Morgan fingerprint density at radius 1 is 0.892 bits per heavy atom. The van der Waals surface area contributed by atoms with Crippen LogP contribution in [0.4, 0.5) is 5.95 Å². The summed E-state index contributed by atoms with van der Waals surface area (Å²) in [6.07, 6.45) is 1.56. The summed E-state index contributed by atoms with van der Waals surface area (Å²) < 4.78 is 25.2. The Morgan fingerprint density at radius 3 is 2.38 bits per heavy atom. The quantitative estimate of drug-likeness (QED) is 0.334. The highest BCUT2D eigenvalue weighted by atomic mass is 32.2. The van der Waals surface area contributed by atoms with E-state index in [1.807, 2.05) is 59.5 Å². The molecule has 0 radical (unpaired) electrons. The average molecular weight is 515 g/mol. The Morgan fingerprint density at radius 2 is 1.65 bits per heavy atom. The number of aromatic nitrogens is 3. The van der Waals surface area contributed by atoms with Gasteiger partial charge in [-0.2, -0.15) is 4.98 Å². The normalized spacial score (nSPS) is 17.6. The molecule has 9 heteroatoms. The lowest BCUT2D eigenvalue weighted by molar-refractivity contribution is 0.222. The zero-order valence-electron chi connectivity index (χ0n) is 20.9. The van der Waals surface area contributed by atoms with Crippen LogP contribution in [0.2, 0.25) is 0 Å². The van der Waals surface area contributed by atoms with Crippen LogP contribution in [0.1, 0.15) is 28.8 Å². The second kappa shape index (κ2) is 9.40. The third-order valence-corrected chi connectivity index (χ3v) is 7.22. The van der Waals surface area contributed by atoms with Crippen molar-refractivity contribution in [2.75, 3.05) is 32.9 Å². The monoisotopic (exact) mass is 514 g/mol. The zero-order chi connectivity index (χ0) is 25.5. The van der Waals surface area contributed by atoms with Gasteiger partial charge >= 0.3 is 0 Å². The highest BCUT2D eigenvalue weighted by Gasteiger charge is 2.41. The molecule has 0 spiro atoms. The molecule has 0 aliphatic carbocycles. The van der Waals surface area contributed by atoms with Gasteiger partial charge in [0.15, 0.2) is 11.5 Å². The fraction of sp³-hybridized carbons (Fsp3) is 0.214. The average Bonchev–Trinajstić information content (AvgIpc) is 3.38. The van der Waals surface area contributed by atoms with Gasteiger partial charge < -0.3 is 24.3 Å². The number of ether oxygens (including phenoxy) is 4. The van der Waals surface area contributed by atoms with Crippen LogP contribution >= 0.6 is 11.8 Å². The number of nitrogens with one attached hydrogen (secondary N) is 1. The van der Waals surface area contributed by atoms with Crippen LogP contribution in [-0.4, -0.2) is 42.3 Å². The molecular weight excluding hydrogens is 488 g/mol. The van der Waals surface area contributed by atoms with Gasteiger partial charge in [-0.05, 0) is 48.2 Å². The molecule has 8 nitrogen and oxygen atoms in total. The summed E-state index contributed by atoms with van der Waals surface area (Å²) in [4.78, 5) is 4.76. The molecule has 2 atom stereocenters. The molecule has 2 aliphatic heterocycles. The molecule has 4 aromatic rings. The number of para-hydroxylation sites is 1. The Hall–Kier alpha value is -4.11. The third-order valence-electron chi connectivity index (χ3n) is 6.68. The second-order valence-electron chi connectivity index (χ2n) is 8.61. The first-order valence-corrected chi connectivity index (χ1v) is 13.0. The molecule has 0 amide bonds. The van der Waals surface area contributed by atoms with E-state index in [0.717, 1.165) is 39.5 Å². The highest BCUT2D eigenvalue weighted by Crippen LogP contribution is 2.51. The van der Waals surface area contributed by atoms with Gasteiger partial charge in [-0.15, -0.1) is 5.10 Å². The standard InChI is InChI=1S/C28H26N4O4S/c1-33-18-12-9-16(10-13-18)25-23-24(29-27-30-28(37-4)31-32(25)27)19-7-5-6-8-20(19)36-26(23)17-11-14-21(34-2)22(15-17)35-3/h5-15,25-26H,1-4H3,(H,29,30,31)/t25-,26+/m0/s1. The van der Waals surface area contributed by atoms with Gasteiger partial charge in [0.05, 0.1) is 27.0 Å². The number of hydrogen-bond acceptors (Lipinski definition) is 8. The van der Waals surface area contributed by atoms with Crippen molar-refractivity contribution in [1.29, 1.82) is 0 Å². The van der Waals surface area contributed by atoms with Crippen LogP contribution in [-0.2, 0) is 0 Å². The molecule has 3 heterocycles. The van der Waals surface area contributed by atoms with Crippen molar-refractivity contribution in [1.82, 2.24) is 14.8 Å². The van der Waals surface area contributed by atoms with Crippen LogP contribution in [0, 0.1) is 0 Å². The number of thioether (sulfide) groups is 1. The fourth-order valence-corrected chi connectivity index (χ4v) is 5.29. The molecule has 2 aliphatic rings. The Balaban J connectivity index is 1.60. The van der Waals surface area contributed by atoms with E-state index in [0.29, 0.717) is 22.6 Å². The van der Waals surface area contributed by atoms with Crippen LogP contribution in [0.3, 0.4) is 0 Å². The molecule has 0 bridgehead atoms. The van der Waals surface area contributed by atoms with E-state index in [2.05, 4.69) is 23.5 Å². The predicted molar refractivity (Wildman–Crippen MR) is 143 cm³/mol. The van der Waals surface area contributed by atoms with E-state index < -0.39 is 6.10 Å². The lowest BCUT2D eigenvalue weighted by Crippen LogP contribution is -2.32. The Kier molecular flexibility index (Phi) is 5.92. The van der Waals surface area contributed by atoms with E-state index in [4.69, 9.17) is 29.0 Å². The molecular formula is C28H26N4O4S. The van der Waals surface area contributed by atoms with E-state index in [1.165, 1.54) is 11.8 Å². The number of methoxy groups -OCH3 is 3. The minimum absolute atomic E-state index is 0.267. The molecule has 6 rings (SSSR count). The minimum Gasteiger partial charge on any atom is -0.497 e. The van der Waals surface area contributed by atoms with Crippen molar-refractivity contribution in [3.63, 3.8) is 0 Å². The van der Waals surface area contributed by atoms with Gasteiger partial charge in [-0.25, -0.2) is 4.68 Å². The summed E-state index contributed by atoms with van der Waals surface area (Å²) in [6, 6.07) is 21.7. The van der Waals surface area contributed by atoms with Gasteiger partial charge in [-0.1, -0.05) is 42.1 Å². The lowest BCUT2D eigenvalue weighted by Gasteiger charge is -2.39. The van der Waals surface area contributed by atoms with Crippen molar-refractivity contribution in [3.8, 4) is 23.0 Å². The van der Waals surface area contributed by atoms with Crippen molar-refractivity contribution in [3.05, 3.63) is 89.0 Å². The van der Waals surface area contributed by atoms with Crippen LogP contribution < -0.4 is 24.3 Å². The van der Waals surface area contributed by atoms with Gasteiger partial charge in [0.25, 0.3) is 0 Å². The van der Waals surface area contributed by atoms with Gasteiger partial charge in [0.1, 0.15) is 23.6 Å². The smallest absolute Gasteiger partial charge is 0.227 e. The van der Waals surface area contributed by atoms with Gasteiger partial charge in [-0.3, -0.25) is 0 Å². The molecule has 37 heavy (non-hydrogen) atoms. The van der Waals surface area contributed by atoms with E-state index in [9.17, 15) is 0 Å². The number of fused-ring (bicyclic) bond motifs is 3. The van der Waals surface area contributed by atoms with Gasteiger partial charge in [0.2, 0.25) is 11.1 Å². The molecule has 0 unspecified atom stereocenters. The van der Waals surface area contributed by atoms with Crippen molar-refractivity contribution in [2.45, 2.75) is 17.3 Å². The molecule has 188 valence electrons. The molecule has 0 fully saturated rings. The van der Waals surface area contributed by atoms with Crippen molar-refractivity contribution >= 4 is 23.4 Å². The summed E-state index contributed by atoms with van der Waals surface area (Å²) in [5.41, 5.74) is 4.96. The van der Waals surface area contributed by atoms with E-state index in [-0.39, 0.29) is 6.04 Å². The van der Waals surface area contributed by atoms with Crippen LogP contribution in [0.5, 0.6) is 23.0 Å². The van der Waals surface area contributed by atoms with Gasteiger partial charge in [0, 0.05) is 16.7 Å². The SMILES string of the molecule is COc1ccc([C@H]2C3=C(Nc4nc(SC)nn42)c2ccccc2O[C@@H]3c2ccc(OC)c(OC)c2)cc1. The fourth-order valence-electron chi connectivity index (χ4n) is 4.94. The highest BCUT2D eigenvalue weighted by molar-refractivity contribution is 7.98. The number of rotatable bonds is 6. The zero-order valence-corrected chi connectivity index (χ0v) is 21.7. The third kappa shape index (κ3) is 3.86. The first-order chi connectivity index (χ1) is 18.1. The molecule has 0 saturated carbocycles. The summed E-state index contributed by atoms with van der Waals surface area (Å²) in [6.45, 7) is 0. The summed E-state index contributed by atoms with van der Waals surface area (Å²) in [5, 5.41) is 9.12. The molecule has 3 aromatic carbocycles.